The minimum atomic E-state index is -0.800. The molecule has 1 aromatic heterocycles. The van der Waals surface area contributed by atoms with Crippen molar-refractivity contribution >= 4 is 29.3 Å². The molecule has 0 radical (unpaired) electrons. The highest BCUT2D eigenvalue weighted by Gasteiger charge is 2.36. The maximum absolute atomic E-state index is 11.8. The van der Waals surface area contributed by atoms with Gasteiger partial charge in [-0.2, -0.15) is 0 Å². The molecule has 0 saturated carbocycles. The molecule has 0 bridgehead atoms. The van der Waals surface area contributed by atoms with Crippen molar-refractivity contribution in [3.63, 3.8) is 0 Å². The van der Waals surface area contributed by atoms with Gasteiger partial charge in [-0.25, -0.2) is 4.98 Å². The number of carboxylic acid groups (broad SMARTS) is 1. The molecule has 1 unspecified atom stereocenters. The number of aromatic nitrogens is 1. The summed E-state index contributed by atoms with van der Waals surface area (Å²) in [4.78, 5) is 28.5. The molecule has 1 saturated heterocycles. The highest BCUT2D eigenvalue weighted by molar-refractivity contribution is 7.09. The Balaban J connectivity index is 1.83. The van der Waals surface area contributed by atoms with E-state index in [1.807, 2.05) is 12.3 Å². The van der Waals surface area contributed by atoms with Crippen molar-refractivity contribution in [1.82, 2.24) is 9.88 Å². The Morgan fingerprint density at radius 2 is 2.26 bits per heavy atom. The van der Waals surface area contributed by atoms with Gasteiger partial charge >= 0.3 is 5.97 Å². The average molecular weight is 280 g/mol. The fraction of sp³-hybridized carbons (Fsp3) is 0.462. The lowest BCUT2D eigenvalue weighted by Crippen LogP contribution is -2.53. The summed E-state index contributed by atoms with van der Waals surface area (Å²) in [5.74, 6) is -1.21. The van der Waals surface area contributed by atoms with Crippen LogP contribution in [0, 0.1) is 18.8 Å². The van der Waals surface area contributed by atoms with Crippen LogP contribution in [-0.2, 0) is 9.59 Å². The van der Waals surface area contributed by atoms with E-state index in [1.165, 1.54) is 17.4 Å². The van der Waals surface area contributed by atoms with Crippen LogP contribution in [0.2, 0.25) is 0 Å². The van der Waals surface area contributed by atoms with Crippen LogP contribution in [0.4, 0.5) is 0 Å². The Kier molecular flexibility index (Phi) is 3.99. The van der Waals surface area contributed by atoms with Crippen molar-refractivity contribution in [1.29, 1.82) is 0 Å². The second-order valence-corrected chi connectivity index (χ2v) is 5.82. The van der Waals surface area contributed by atoms with Gasteiger partial charge in [0.1, 0.15) is 0 Å². The number of hydrogen-bond donors (Lipinski definition) is 1. The lowest BCUT2D eigenvalue weighted by molar-refractivity contribution is -0.148. The van der Waals surface area contributed by atoms with Crippen LogP contribution < -0.4 is 0 Å². The molecule has 0 aliphatic carbocycles. The smallest absolute Gasteiger partial charge is 0.306 e. The summed E-state index contributed by atoms with van der Waals surface area (Å²) in [5.41, 5.74) is 0.784. The summed E-state index contributed by atoms with van der Waals surface area (Å²) >= 11 is 1.54. The van der Waals surface area contributed by atoms with Crippen molar-refractivity contribution in [2.75, 3.05) is 13.1 Å². The maximum atomic E-state index is 11.8. The molecule has 5 nitrogen and oxygen atoms in total. The van der Waals surface area contributed by atoms with Gasteiger partial charge in [0.25, 0.3) is 0 Å². The number of aliphatic carboxylic acids is 1. The molecule has 1 aromatic rings. The molecule has 0 aromatic carbocycles. The Hall–Kier alpha value is -1.69. The Morgan fingerprint density at radius 3 is 2.79 bits per heavy atom. The predicted molar refractivity (Wildman–Crippen MR) is 72.8 cm³/mol. The van der Waals surface area contributed by atoms with Gasteiger partial charge in [-0.05, 0) is 13.0 Å². The molecular formula is C13H16N2O3S. The molecule has 1 aliphatic rings. The summed E-state index contributed by atoms with van der Waals surface area (Å²) in [6, 6.07) is 0. The van der Waals surface area contributed by atoms with Crippen molar-refractivity contribution < 1.29 is 14.7 Å². The normalized spacial score (nSPS) is 17.5. The Bertz CT molecular complexity index is 518. The topological polar surface area (TPSA) is 70.5 Å². The third kappa shape index (κ3) is 3.20. The van der Waals surface area contributed by atoms with E-state index in [1.54, 1.807) is 17.9 Å². The van der Waals surface area contributed by atoms with Gasteiger partial charge in [-0.1, -0.05) is 6.92 Å². The third-order valence-electron chi connectivity index (χ3n) is 3.35. The molecule has 19 heavy (non-hydrogen) atoms. The van der Waals surface area contributed by atoms with Crippen molar-refractivity contribution in [3.05, 3.63) is 22.2 Å². The fourth-order valence-electron chi connectivity index (χ4n) is 1.93. The predicted octanol–water partition coefficient (Wildman–Crippen LogP) is 1.64. The minimum Gasteiger partial charge on any atom is -0.481 e. The highest BCUT2D eigenvalue weighted by atomic mass is 32.1. The number of likely N-dealkylation sites (tertiary alicyclic amines) is 1. The van der Waals surface area contributed by atoms with E-state index in [2.05, 4.69) is 4.98 Å². The molecule has 1 N–H and O–H groups in total. The van der Waals surface area contributed by atoms with Gasteiger partial charge in [0, 0.05) is 30.5 Å². The summed E-state index contributed by atoms with van der Waals surface area (Å²) in [7, 11) is 0. The molecule has 1 fully saturated rings. The van der Waals surface area contributed by atoms with Crippen LogP contribution in [0.15, 0.2) is 11.5 Å². The number of carbonyl (C=O) groups excluding carboxylic acids is 1. The lowest BCUT2D eigenvalue weighted by Gasteiger charge is -2.40. The van der Waals surface area contributed by atoms with Gasteiger partial charge in [-0.3, -0.25) is 9.59 Å². The lowest BCUT2D eigenvalue weighted by atomic mass is 9.87. The van der Waals surface area contributed by atoms with E-state index in [0.717, 1.165) is 10.7 Å². The van der Waals surface area contributed by atoms with Crippen molar-refractivity contribution in [2.45, 2.75) is 13.8 Å². The van der Waals surface area contributed by atoms with Gasteiger partial charge in [0.05, 0.1) is 16.6 Å². The second-order valence-electron chi connectivity index (χ2n) is 4.75. The van der Waals surface area contributed by atoms with Crippen LogP contribution in [0.25, 0.3) is 6.08 Å². The number of hydrogen-bond acceptors (Lipinski definition) is 4. The molecule has 6 heteroatoms. The highest BCUT2D eigenvalue weighted by Crippen LogP contribution is 2.24. The first-order chi connectivity index (χ1) is 8.97. The standard InChI is InChI=1S/C13H16N2O3S/c1-8(13(17)18)10-5-15(6-10)12(16)4-3-11-7-19-9(2)14-11/h3-4,7-8,10H,5-6H2,1-2H3,(H,17,18)/b4-3+. The first-order valence-electron chi connectivity index (χ1n) is 6.09. The van der Waals surface area contributed by atoms with Gasteiger partial charge in [-0.15, -0.1) is 11.3 Å². The molecule has 0 spiro atoms. The van der Waals surface area contributed by atoms with E-state index >= 15 is 0 Å². The third-order valence-corrected chi connectivity index (χ3v) is 4.14. The maximum Gasteiger partial charge on any atom is 0.306 e. The summed E-state index contributed by atoms with van der Waals surface area (Å²) < 4.78 is 0. The first kappa shape index (κ1) is 13.7. The van der Waals surface area contributed by atoms with Crippen LogP contribution in [0.1, 0.15) is 17.6 Å². The zero-order valence-corrected chi connectivity index (χ0v) is 11.7. The molecular weight excluding hydrogens is 264 g/mol. The number of amides is 1. The van der Waals surface area contributed by atoms with Crippen molar-refractivity contribution in [3.8, 4) is 0 Å². The van der Waals surface area contributed by atoms with E-state index in [9.17, 15) is 9.59 Å². The fourth-order valence-corrected chi connectivity index (χ4v) is 2.51. The SMILES string of the molecule is Cc1nc(/C=C/C(=O)N2CC(C(C)C(=O)O)C2)cs1. The molecule has 1 aliphatic heterocycles. The zero-order chi connectivity index (χ0) is 14.0. The Labute approximate surface area is 115 Å². The largest absolute Gasteiger partial charge is 0.481 e. The van der Waals surface area contributed by atoms with Crippen LogP contribution in [0.5, 0.6) is 0 Å². The molecule has 102 valence electrons. The van der Waals surface area contributed by atoms with Gasteiger partial charge in [0.2, 0.25) is 5.91 Å². The second kappa shape index (κ2) is 5.52. The molecule has 2 heterocycles. The number of thiazole rings is 1. The van der Waals surface area contributed by atoms with Gasteiger partial charge in [0.15, 0.2) is 0 Å². The monoisotopic (exact) mass is 280 g/mol. The van der Waals surface area contributed by atoms with Crippen molar-refractivity contribution in [2.24, 2.45) is 11.8 Å². The number of rotatable bonds is 4. The van der Waals surface area contributed by atoms with Crippen LogP contribution >= 0.6 is 11.3 Å². The summed E-state index contributed by atoms with van der Waals surface area (Å²) in [6.45, 7) is 4.64. The van der Waals surface area contributed by atoms with E-state index in [-0.39, 0.29) is 11.8 Å². The van der Waals surface area contributed by atoms with E-state index in [4.69, 9.17) is 5.11 Å². The average Bonchev–Trinajstić information content (AvgIpc) is 2.70. The quantitative estimate of drug-likeness (QED) is 0.851. The Morgan fingerprint density at radius 1 is 1.58 bits per heavy atom. The molecule has 1 amide bonds. The number of aryl methyl sites for hydroxylation is 1. The number of nitrogens with zero attached hydrogens (tertiary/aromatic N) is 2. The summed E-state index contributed by atoms with van der Waals surface area (Å²) in [5, 5.41) is 11.7. The number of carbonyl (C=O) groups is 2. The minimum absolute atomic E-state index is 0.0661. The molecule has 1 atom stereocenters. The van der Waals surface area contributed by atoms with E-state index in [0.29, 0.717) is 13.1 Å². The van der Waals surface area contributed by atoms with Crippen LogP contribution in [-0.4, -0.2) is 40.0 Å². The molecule has 2 rings (SSSR count). The van der Waals surface area contributed by atoms with Gasteiger partial charge < -0.3 is 10.0 Å². The van der Waals surface area contributed by atoms with Crippen LogP contribution in [0.3, 0.4) is 0 Å². The summed E-state index contributed by atoms with van der Waals surface area (Å²) in [6.07, 6.45) is 3.19. The van der Waals surface area contributed by atoms with E-state index < -0.39 is 11.9 Å². The number of carboxylic acids is 1. The zero-order valence-electron chi connectivity index (χ0n) is 10.9. The first-order valence-corrected chi connectivity index (χ1v) is 6.97.